The van der Waals surface area contributed by atoms with Crippen LogP contribution < -0.4 is 11.0 Å². The van der Waals surface area contributed by atoms with E-state index in [2.05, 4.69) is 20.5 Å². The first-order valence-electron chi connectivity index (χ1n) is 8.22. The number of H-pyrrole nitrogens is 1. The lowest BCUT2D eigenvalue weighted by Crippen LogP contribution is -2.16. The van der Waals surface area contributed by atoms with E-state index in [9.17, 15) is 30.3 Å². The van der Waals surface area contributed by atoms with Gasteiger partial charge in [0, 0.05) is 23.3 Å². The third kappa shape index (κ3) is 4.15. The number of nitro benzene ring substituents is 2. The second kappa shape index (κ2) is 8.40. The first kappa shape index (κ1) is 19.8. The zero-order valence-electron chi connectivity index (χ0n) is 15.0. The van der Waals surface area contributed by atoms with Crippen LogP contribution in [0.1, 0.15) is 11.1 Å². The summed E-state index contributed by atoms with van der Waals surface area (Å²) in [6.45, 7) is 0. The molecule has 0 aliphatic heterocycles. The molecule has 0 radical (unpaired) electrons. The minimum Gasteiger partial charge on any atom is -0.290 e. The molecule has 2 N–H and O–H groups in total. The Morgan fingerprint density at radius 3 is 2.43 bits per heavy atom. The van der Waals surface area contributed by atoms with E-state index in [1.807, 2.05) is 6.07 Å². The summed E-state index contributed by atoms with van der Waals surface area (Å²) in [5, 5.41) is 34.9. The van der Waals surface area contributed by atoms with Crippen molar-refractivity contribution in [2.45, 2.75) is 0 Å². The maximum Gasteiger partial charge on any atom is 0.346 e. The number of hydrogen-bond acceptors (Lipinski definition) is 9. The molecule has 12 heteroatoms. The molecule has 0 fully saturated rings. The molecule has 1 aromatic heterocycles. The van der Waals surface area contributed by atoms with Crippen molar-refractivity contribution in [1.82, 2.24) is 9.97 Å². The van der Waals surface area contributed by atoms with Gasteiger partial charge in [-0.1, -0.05) is 30.3 Å². The normalized spacial score (nSPS) is 10.5. The molecular weight excluding hydrogens is 394 g/mol. The summed E-state index contributed by atoms with van der Waals surface area (Å²) in [5.74, 6) is -0.0643. The van der Waals surface area contributed by atoms with Gasteiger partial charge in [0.2, 0.25) is 5.95 Å². The summed E-state index contributed by atoms with van der Waals surface area (Å²) in [4.78, 5) is 38.9. The number of nitrogens with zero attached hydrogens (tertiary/aromatic N) is 5. The molecule has 3 rings (SSSR count). The number of hydrazone groups is 1. The van der Waals surface area contributed by atoms with Crippen molar-refractivity contribution < 1.29 is 9.85 Å². The number of nitro groups is 2. The van der Waals surface area contributed by atoms with Gasteiger partial charge in [-0.05, 0) is 6.07 Å². The molecule has 0 saturated carbocycles. The number of hydrogen-bond donors (Lipinski definition) is 2. The summed E-state index contributed by atoms with van der Waals surface area (Å²) in [6, 6.07) is 13.7. The lowest BCUT2D eigenvalue weighted by molar-refractivity contribution is -0.422. The first-order chi connectivity index (χ1) is 14.4. The number of rotatable bonds is 6. The molecule has 1 heterocycles. The molecule has 12 nitrogen and oxygen atoms in total. The van der Waals surface area contributed by atoms with Crippen molar-refractivity contribution in [3.63, 3.8) is 0 Å². The van der Waals surface area contributed by atoms with Gasteiger partial charge < -0.3 is 0 Å². The highest BCUT2D eigenvalue weighted by Gasteiger charge is 2.23. The third-order valence-electron chi connectivity index (χ3n) is 3.86. The maximum absolute atomic E-state index is 12.2. The zero-order valence-corrected chi connectivity index (χ0v) is 15.0. The minimum atomic E-state index is -0.866. The van der Waals surface area contributed by atoms with Crippen molar-refractivity contribution in [1.29, 1.82) is 5.26 Å². The fourth-order valence-corrected chi connectivity index (χ4v) is 2.52. The summed E-state index contributed by atoms with van der Waals surface area (Å²) in [6.07, 6.45) is 1.16. The molecule has 0 spiro atoms. The van der Waals surface area contributed by atoms with E-state index in [1.54, 1.807) is 30.3 Å². The lowest BCUT2D eigenvalue weighted by atomic mass is 10.1. The molecular formula is C18H11N7O5. The van der Waals surface area contributed by atoms with Gasteiger partial charge in [0.1, 0.15) is 11.6 Å². The van der Waals surface area contributed by atoms with Crippen LogP contribution >= 0.6 is 0 Å². The van der Waals surface area contributed by atoms with E-state index >= 15 is 0 Å². The van der Waals surface area contributed by atoms with Crippen LogP contribution in [-0.4, -0.2) is 26.0 Å². The van der Waals surface area contributed by atoms with Crippen molar-refractivity contribution in [2.24, 2.45) is 5.10 Å². The SMILES string of the molecule is N#Cc1c(-c2ccccc2)nc(NN=Cc2ccc([N+](=O)[O-])c([N+](=O)[O-])c2)[nH]c1=O. The Bertz CT molecular complexity index is 1260. The van der Waals surface area contributed by atoms with Crippen LogP contribution in [0.3, 0.4) is 0 Å². The Balaban J connectivity index is 1.90. The van der Waals surface area contributed by atoms with Crippen LogP contribution in [0.2, 0.25) is 0 Å². The summed E-state index contributed by atoms with van der Waals surface area (Å²) in [7, 11) is 0. The van der Waals surface area contributed by atoms with Gasteiger partial charge in [-0.25, -0.2) is 10.4 Å². The van der Waals surface area contributed by atoms with E-state index < -0.39 is 26.8 Å². The second-order valence-corrected chi connectivity index (χ2v) is 5.75. The topological polar surface area (TPSA) is 180 Å². The van der Waals surface area contributed by atoms with Crippen molar-refractivity contribution >= 4 is 23.5 Å². The van der Waals surface area contributed by atoms with E-state index in [1.165, 1.54) is 6.07 Å². The Labute approximate surface area is 167 Å². The molecule has 30 heavy (non-hydrogen) atoms. The molecule has 3 aromatic rings. The van der Waals surface area contributed by atoms with E-state index in [-0.39, 0.29) is 22.8 Å². The monoisotopic (exact) mass is 405 g/mol. The highest BCUT2D eigenvalue weighted by molar-refractivity contribution is 5.82. The van der Waals surface area contributed by atoms with Gasteiger partial charge in [-0.2, -0.15) is 10.4 Å². The Kier molecular flexibility index (Phi) is 5.55. The van der Waals surface area contributed by atoms with E-state index in [4.69, 9.17) is 0 Å². The van der Waals surface area contributed by atoms with Crippen LogP contribution in [0.5, 0.6) is 0 Å². The van der Waals surface area contributed by atoms with Crippen LogP contribution in [-0.2, 0) is 0 Å². The summed E-state index contributed by atoms with van der Waals surface area (Å²) < 4.78 is 0. The Hall–Kier alpha value is -4.92. The summed E-state index contributed by atoms with van der Waals surface area (Å²) in [5.41, 5.74) is 1.23. The Morgan fingerprint density at radius 1 is 1.10 bits per heavy atom. The van der Waals surface area contributed by atoms with Gasteiger partial charge >= 0.3 is 11.4 Å². The quantitative estimate of drug-likeness (QED) is 0.356. The first-order valence-corrected chi connectivity index (χ1v) is 8.22. The number of nitrogens with one attached hydrogen (secondary N) is 2. The maximum atomic E-state index is 12.2. The van der Waals surface area contributed by atoms with Gasteiger partial charge in [0.15, 0.2) is 0 Å². The molecule has 0 unspecified atom stereocenters. The minimum absolute atomic E-state index is 0.0643. The molecule has 0 saturated heterocycles. The largest absolute Gasteiger partial charge is 0.346 e. The third-order valence-corrected chi connectivity index (χ3v) is 3.86. The highest BCUT2D eigenvalue weighted by atomic mass is 16.6. The fourth-order valence-electron chi connectivity index (χ4n) is 2.52. The average molecular weight is 405 g/mol. The van der Waals surface area contributed by atoms with Crippen LogP contribution in [0.15, 0.2) is 58.4 Å². The zero-order chi connectivity index (χ0) is 21.7. The van der Waals surface area contributed by atoms with Crippen LogP contribution in [0.4, 0.5) is 17.3 Å². The molecule has 0 amide bonds. The standard InChI is InChI=1S/C18H11N7O5/c19-9-13-16(12-4-2-1-3-5-12)21-18(22-17(13)26)23-20-10-11-6-7-14(24(27)28)15(8-11)25(29)30/h1-8,10H,(H2,21,22,23,26). The number of aromatic amines is 1. The number of nitriles is 1. The molecule has 0 aliphatic rings. The van der Waals surface area contributed by atoms with Gasteiger partial charge in [-0.3, -0.25) is 30.0 Å². The smallest absolute Gasteiger partial charge is 0.290 e. The Morgan fingerprint density at radius 2 is 1.80 bits per heavy atom. The molecule has 0 aliphatic carbocycles. The lowest BCUT2D eigenvalue weighted by Gasteiger charge is -2.05. The van der Waals surface area contributed by atoms with Gasteiger partial charge in [0.05, 0.1) is 21.8 Å². The fraction of sp³-hybridized carbons (Fsp3) is 0. The number of anilines is 1. The predicted octanol–water partition coefficient (Wildman–Crippen LogP) is 2.57. The van der Waals surface area contributed by atoms with E-state index in [0.29, 0.717) is 5.56 Å². The molecule has 148 valence electrons. The molecule has 0 bridgehead atoms. The highest BCUT2D eigenvalue weighted by Crippen LogP contribution is 2.27. The number of aromatic nitrogens is 2. The van der Waals surface area contributed by atoms with Crippen molar-refractivity contribution in [3.05, 3.63) is 90.2 Å². The van der Waals surface area contributed by atoms with Crippen LogP contribution in [0, 0.1) is 31.6 Å². The molecule has 0 atom stereocenters. The van der Waals surface area contributed by atoms with Crippen LogP contribution in [0.25, 0.3) is 11.3 Å². The second-order valence-electron chi connectivity index (χ2n) is 5.75. The van der Waals surface area contributed by atoms with E-state index in [0.717, 1.165) is 18.3 Å². The summed E-state index contributed by atoms with van der Waals surface area (Å²) >= 11 is 0. The van der Waals surface area contributed by atoms with Crippen molar-refractivity contribution in [2.75, 3.05) is 5.43 Å². The molecule has 2 aromatic carbocycles. The van der Waals surface area contributed by atoms with Gasteiger partial charge in [-0.15, -0.1) is 0 Å². The number of benzene rings is 2. The predicted molar refractivity (Wildman–Crippen MR) is 106 cm³/mol. The average Bonchev–Trinajstić information content (AvgIpc) is 2.73. The van der Waals surface area contributed by atoms with Crippen molar-refractivity contribution in [3.8, 4) is 17.3 Å². The van der Waals surface area contributed by atoms with Gasteiger partial charge in [0.25, 0.3) is 5.56 Å².